The van der Waals surface area contributed by atoms with Crippen LogP contribution in [-0.4, -0.2) is 48.8 Å². The first-order valence-corrected chi connectivity index (χ1v) is 4.95. The van der Waals surface area contributed by atoms with Crippen molar-refractivity contribution in [1.29, 1.82) is 0 Å². The Morgan fingerprint density at radius 2 is 2.43 bits per heavy atom. The number of ether oxygens (including phenoxy) is 1. The van der Waals surface area contributed by atoms with Gasteiger partial charge in [0.15, 0.2) is 0 Å². The van der Waals surface area contributed by atoms with Crippen LogP contribution in [0.15, 0.2) is 12.7 Å². The molecule has 1 unspecified atom stereocenters. The number of nitrogens with zero attached hydrogens (tertiary/aromatic N) is 2. The standard InChI is InChI=1S/C10H18N2O2/c1-4-7-12-9(14-5-2)6-8-11(3)10(12)13/h4,9H,1,5-8H2,2-3H3. The Bertz CT molecular complexity index is 218. The van der Waals surface area contributed by atoms with Crippen LogP contribution in [0.3, 0.4) is 0 Å². The van der Waals surface area contributed by atoms with Crippen molar-refractivity contribution in [2.24, 2.45) is 0 Å². The molecule has 1 aliphatic heterocycles. The molecule has 1 saturated heterocycles. The second kappa shape index (κ2) is 5.00. The lowest BCUT2D eigenvalue weighted by Gasteiger charge is -2.38. The van der Waals surface area contributed by atoms with Crippen molar-refractivity contribution in [2.45, 2.75) is 19.6 Å². The van der Waals surface area contributed by atoms with Gasteiger partial charge in [0, 0.05) is 33.2 Å². The topological polar surface area (TPSA) is 32.8 Å². The van der Waals surface area contributed by atoms with E-state index in [1.165, 1.54) is 0 Å². The summed E-state index contributed by atoms with van der Waals surface area (Å²) < 4.78 is 5.50. The van der Waals surface area contributed by atoms with Crippen LogP contribution >= 0.6 is 0 Å². The Hall–Kier alpha value is -1.03. The lowest BCUT2D eigenvalue weighted by atomic mass is 10.2. The molecule has 80 valence electrons. The summed E-state index contributed by atoms with van der Waals surface area (Å²) in [6.45, 7) is 7.52. The monoisotopic (exact) mass is 198 g/mol. The van der Waals surface area contributed by atoms with E-state index in [0.717, 1.165) is 13.0 Å². The summed E-state index contributed by atoms with van der Waals surface area (Å²) in [5.41, 5.74) is 0. The van der Waals surface area contributed by atoms with Gasteiger partial charge in [-0.05, 0) is 6.92 Å². The molecular formula is C10H18N2O2. The zero-order valence-corrected chi connectivity index (χ0v) is 8.90. The summed E-state index contributed by atoms with van der Waals surface area (Å²) >= 11 is 0. The first-order chi connectivity index (χ1) is 6.70. The Morgan fingerprint density at radius 1 is 1.71 bits per heavy atom. The second-order valence-corrected chi connectivity index (χ2v) is 3.34. The zero-order chi connectivity index (χ0) is 10.6. The van der Waals surface area contributed by atoms with E-state index >= 15 is 0 Å². The summed E-state index contributed by atoms with van der Waals surface area (Å²) in [4.78, 5) is 15.1. The van der Waals surface area contributed by atoms with Gasteiger partial charge in [0.2, 0.25) is 0 Å². The molecule has 1 fully saturated rings. The van der Waals surface area contributed by atoms with Crippen LogP contribution < -0.4 is 0 Å². The van der Waals surface area contributed by atoms with Crippen molar-refractivity contribution in [3.63, 3.8) is 0 Å². The lowest BCUT2D eigenvalue weighted by Crippen LogP contribution is -2.53. The van der Waals surface area contributed by atoms with E-state index in [1.807, 2.05) is 6.92 Å². The van der Waals surface area contributed by atoms with Gasteiger partial charge >= 0.3 is 6.03 Å². The minimum atomic E-state index is -0.0818. The SMILES string of the molecule is C=CCN1C(=O)N(C)CCC1OCC. The van der Waals surface area contributed by atoms with Gasteiger partial charge in [0.05, 0.1) is 0 Å². The molecule has 4 nitrogen and oxygen atoms in total. The maximum Gasteiger partial charge on any atom is 0.322 e. The Labute approximate surface area is 85.1 Å². The summed E-state index contributed by atoms with van der Waals surface area (Å²) in [6, 6.07) is 0.0228. The normalized spacial score (nSPS) is 22.7. The zero-order valence-electron chi connectivity index (χ0n) is 8.90. The number of urea groups is 1. The molecule has 0 radical (unpaired) electrons. The predicted octanol–water partition coefficient (Wildman–Crippen LogP) is 1.29. The van der Waals surface area contributed by atoms with Crippen molar-refractivity contribution in [1.82, 2.24) is 9.80 Å². The van der Waals surface area contributed by atoms with Gasteiger partial charge in [-0.25, -0.2) is 4.79 Å². The third kappa shape index (κ3) is 2.26. The number of hydrogen-bond donors (Lipinski definition) is 0. The third-order valence-corrected chi connectivity index (χ3v) is 2.32. The molecule has 1 aliphatic rings. The molecule has 14 heavy (non-hydrogen) atoms. The van der Waals surface area contributed by atoms with E-state index in [9.17, 15) is 4.79 Å². The first kappa shape index (κ1) is 11.0. The van der Waals surface area contributed by atoms with Crippen LogP contribution in [-0.2, 0) is 4.74 Å². The molecule has 0 aromatic heterocycles. The van der Waals surface area contributed by atoms with Gasteiger partial charge in [-0.1, -0.05) is 6.08 Å². The minimum Gasteiger partial charge on any atom is -0.358 e. The van der Waals surface area contributed by atoms with Crippen LogP contribution in [0.2, 0.25) is 0 Å². The molecule has 0 bridgehead atoms. The van der Waals surface area contributed by atoms with Crippen LogP contribution in [0, 0.1) is 0 Å². The molecule has 1 rings (SSSR count). The third-order valence-electron chi connectivity index (χ3n) is 2.32. The van der Waals surface area contributed by atoms with Crippen molar-refractivity contribution in [2.75, 3.05) is 26.7 Å². The number of carbonyl (C=O) groups excluding carboxylic acids is 1. The van der Waals surface area contributed by atoms with E-state index in [1.54, 1.807) is 22.9 Å². The molecule has 0 saturated carbocycles. The Kier molecular flexibility index (Phi) is 3.95. The number of carbonyl (C=O) groups is 1. The quantitative estimate of drug-likeness (QED) is 0.638. The van der Waals surface area contributed by atoms with Gasteiger partial charge in [-0.2, -0.15) is 0 Å². The average Bonchev–Trinajstić information content (AvgIpc) is 2.18. The fourth-order valence-corrected chi connectivity index (χ4v) is 1.60. The lowest BCUT2D eigenvalue weighted by molar-refractivity contribution is -0.0564. The Balaban J connectivity index is 2.65. The van der Waals surface area contributed by atoms with Gasteiger partial charge in [-0.3, -0.25) is 4.90 Å². The maximum absolute atomic E-state index is 11.7. The molecule has 0 spiro atoms. The molecule has 1 heterocycles. The van der Waals surface area contributed by atoms with E-state index < -0.39 is 0 Å². The number of amides is 2. The highest BCUT2D eigenvalue weighted by molar-refractivity contribution is 5.75. The number of hydrogen-bond acceptors (Lipinski definition) is 2. The molecule has 0 N–H and O–H groups in total. The van der Waals surface area contributed by atoms with Crippen molar-refractivity contribution in [3.05, 3.63) is 12.7 Å². The van der Waals surface area contributed by atoms with Gasteiger partial charge < -0.3 is 9.64 Å². The highest BCUT2D eigenvalue weighted by atomic mass is 16.5. The predicted molar refractivity (Wildman–Crippen MR) is 55.0 cm³/mol. The van der Waals surface area contributed by atoms with Crippen LogP contribution in [0.1, 0.15) is 13.3 Å². The first-order valence-electron chi connectivity index (χ1n) is 4.95. The fraction of sp³-hybridized carbons (Fsp3) is 0.700. The summed E-state index contributed by atoms with van der Waals surface area (Å²) in [6.07, 6.45) is 2.51. The smallest absolute Gasteiger partial charge is 0.322 e. The van der Waals surface area contributed by atoms with Gasteiger partial charge in [0.25, 0.3) is 0 Å². The van der Waals surface area contributed by atoms with Gasteiger partial charge in [0.1, 0.15) is 6.23 Å². The summed E-state index contributed by atoms with van der Waals surface area (Å²) in [5.74, 6) is 0. The molecule has 1 atom stereocenters. The van der Waals surface area contributed by atoms with Gasteiger partial charge in [-0.15, -0.1) is 6.58 Å². The van der Waals surface area contributed by atoms with Crippen LogP contribution in [0.4, 0.5) is 4.79 Å². The average molecular weight is 198 g/mol. The van der Waals surface area contributed by atoms with Crippen molar-refractivity contribution >= 4 is 6.03 Å². The van der Waals surface area contributed by atoms with Crippen molar-refractivity contribution in [3.8, 4) is 0 Å². The number of rotatable bonds is 4. The molecule has 2 amide bonds. The van der Waals surface area contributed by atoms with Crippen LogP contribution in [0.25, 0.3) is 0 Å². The molecule has 4 heteroatoms. The second-order valence-electron chi connectivity index (χ2n) is 3.34. The largest absolute Gasteiger partial charge is 0.358 e. The molecule has 0 aromatic rings. The molecule has 0 aromatic carbocycles. The maximum atomic E-state index is 11.7. The van der Waals surface area contributed by atoms with E-state index in [0.29, 0.717) is 13.2 Å². The molecular weight excluding hydrogens is 180 g/mol. The van der Waals surface area contributed by atoms with Crippen molar-refractivity contribution < 1.29 is 9.53 Å². The summed E-state index contributed by atoms with van der Waals surface area (Å²) in [5, 5.41) is 0. The van der Waals surface area contributed by atoms with Crippen LogP contribution in [0.5, 0.6) is 0 Å². The minimum absolute atomic E-state index is 0.0228. The van der Waals surface area contributed by atoms with E-state index in [2.05, 4.69) is 6.58 Å². The van der Waals surface area contributed by atoms with E-state index in [4.69, 9.17) is 4.74 Å². The Morgan fingerprint density at radius 3 is 3.00 bits per heavy atom. The van der Waals surface area contributed by atoms with E-state index in [-0.39, 0.29) is 12.3 Å². The molecule has 0 aliphatic carbocycles. The summed E-state index contributed by atoms with van der Waals surface area (Å²) in [7, 11) is 1.81. The highest BCUT2D eigenvalue weighted by Crippen LogP contribution is 2.15. The fourth-order valence-electron chi connectivity index (χ4n) is 1.60. The highest BCUT2D eigenvalue weighted by Gasteiger charge is 2.30.